The highest BCUT2D eigenvalue weighted by atomic mass is 16.6. The highest BCUT2D eigenvalue weighted by Crippen LogP contribution is 2.06. The molecule has 132 valence electrons. The summed E-state index contributed by atoms with van der Waals surface area (Å²) in [4.78, 5) is 44.5. The third kappa shape index (κ3) is 7.04. The quantitative estimate of drug-likeness (QED) is 0.278. The van der Waals surface area contributed by atoms with Crippen molar-refractivity contribution >= 4 is 23.9 Å². The number of esters is 2. The first kappa shape index (κ1) is 20.8. The molecule has 5 atom stereocenters. The van der Waals surface area contributed by atoms with E-state index >= 15 is 0 Å². The topological polar surface area (TPSA) is 194 Å². The molecule has 11 nitrogen and oxygen atoms in total. The first-order valence-electron chi connectivity index (χ1n) is 6.44. The fourth-order valence-electron chi connectivity index (χ4n) is 1.38. The van der Waals surface area contributed by atoms with Gasteiger partial charge in [-0.25, -0.2) is 9.59 Å². The largest absolute Gasteiger partial charge is 0.478 e. The molecule has 0 heterocycles. The number of carbonyl (C=O) groups is 4. The minimum Gasteiger partial charge on any atom is -0.478 e. The average molecular weight is 337 g/mol. The van der Waals surface area contributed by atoms with Crippen molar-refractivity contribution in [1.82, 2.24) is 0 Å². The molecule has 0 aromatic heterocycles. The fourth-order valence-corrected chi connectivity index (χ4v) is 1.38. The summed E-state index contributed by atoms with van der Waals surface area (Å²) in [6, 6.07) is -1.63. The first-order chi connectivity index (χ1) is 10.5. The van der Waals surface area contributed by atoms with Crippen LogP contribution in [-0.2, 0) is 28.7 Å². The monoisotopic (exact) mass is 337 g/mol. The maximum absolute atomic E-state index is 11.6. The molecule has 0 saturated heterocycles. The Morgan fingerprint density at radius 2 is 1.30 bits per heavy atom. The molecule has 0 radical (unpaired) electrons. The Bertz CT molecular complexity index is 461. The fraction of sp³-hybridized carbons (Fsp3) is 0.667. The zero-order chi connectivity index (χ0) is 18.3. The maximum atomic E-state index is 11.6. The van der Waals surface area contributed by atoms with Crippen LogP contribution in [0.1, 0.15) is 20.3 Å². The minimum absolute atomic E-state index is 0.804. The number of aliphatic hydroxyl groups excluding tert-OH is 2. The molecule has 0 spiro atoms. The van der Waals surface area contributed by atoms with E-state index in [0.29, 0.717) is 0 Å². The number of hydrogen-bond acceptors (Lipinski definition) is 9. The van der Waals surface area contributed by atoms with Crippen LogP contribution in [0.5, 0.6) is 0 Å². The third-order valence-electron chi connectivity index (χ3n) is 2.55. The van der Waals surface area contributed by atoms with Gasteiger partial charge in [-0.3, -0.25) is 9.59 Å². The molecule has 0 aliphatic carbocycles. The van der Waals surface area contributed by atoms with Gasteiger partial charge in [-0.15, -0.1) is 0 Å². The molecular formula is C12H19NO10. The van der Waals surface area contributed by atoms with Crippen LogP contribution >= 0.6 is 0 Å². The number of rotatable bonds is 9. The van der Waals surface area contributed by atoms with Crippen LogP contribution in [0.3, 0.4) is 0 Å². The average Bonchev–Trinajstić information content (AvgIpc) is 2.40. The van der Waals surface area contributed by atoms with Gasteiger partial charge in [0.2, 0.25) is 12.2 Å². The van der Waals surface area contributed by atoms with Crippen molar-refractivity contribution in [3.63, 3.8) is 0 Å². The molecule has 0 saturated carbocycles. The molecule has 11 heteroatoms. The van der Waals surface area contributed by atoms with E-state index in [1.807, 2.05) is 0 Å². The number of aliphatic hydroxyl groups is 2. The molecule has 0 aliphatic heterocycles. The van der Waals surface area contributed by atoms with Crippen molar-refractivity contribution in [2.45, 2.75) is 50.7 Å². The molecule has 0 aromatic carbocycles. The van der Waals surface area contributed by atoms with Crippen LogP contribution in [0.2, 0.25) is 0 Å². The second-order valence-corrected chi connectivity index (χ2v) is 4.74. The predicted octanol–water partition coefficient (Wildman–Crippen LogP) is -2.54. The van der Waals surface area contributed by atoms with Gasteiger partial charge in [0.1, 0.15) is 6.04 Å². The lowest BCUT2D eigenvalue weighted by molar-refractivity contribution is -0.175. The molecule has 0 aliphatic rings. The Morgan fingerprint density at radius 1 is 0.913 bits per heavy atom. The van der Waals surface area contributed by atoms with E-state index in [9.17, 15) is 19.2 Å². The van der Waals surface area contributed by atoms with Crippen LogP contribution in [0, 0.1) is 0 Å². The number of ether oxygens (including phenoxy) is 2. The summed E-state index contributed by atoms with van der Waals surface area (Å²) in [5, 5.41) is 35.8. The summed E-state index contributed by atoms with van der Waals surface area (Å²) in [6.07, 6.45) is -7.51. The van der Waals surface area contributed by atoms with Crippen molar-refractivity contribution < 1.29 is 49.1 Å². The Balaban J connectivity index is 4.65. The van der Waals surface area contributed by atoms with Gasteiger partial charge in [0.15, 0.2) is 0 Å². The number of carboxylic acids is 2. The second kappa shape index (κ2) is 9.02. The van der Waals surface area contributed by atoms with Gasteiger partial charge in [-0.05, 0) is 13.8 Å². The lowest BCUT2D eigenvalue weighted by Crippen LogP contribution is -2.44. The Kier molecular flexibility index (Phi) is 8.15. The van der Waals surface area contributed by atoms with Gasteiger partial charge in [0.05, 0.1) is 18.6 Å². The van der Waals surface area contributed by atoms with E-state index in [0.717, 1.165) is 13.8 Å². The third-order valence-corrected chi connectivity index (χ3v) is 2.55. The summed E-state index contributed by atoms with van der Waals surface area (Å²) in [6.45, 7) is 2.16. The van der Waals surface area contributed by atoms with Gasteiger partial charge in [0, 0.05) is 0 Å². The van der Waals surface area contributed by atoms with Crippen LogP contribution in [0.25, 0.3) is 0 Å². The van der Waals surface area contributed by atoms with Crippen LogP contribution < -0.4 is 5.73 Å². The molecule has 4 unspecified atom stereocenters. The van der Waals surface area contributed by atoms with Crippen LogP contribution in [0.15, 0.2) is 0 Å². The van der Waals surface area contributed by atoms with Gasteiger partial charge < -0.3 is 35.6 Å². The molecule has 0 aromatic rings. The highest BCUT2D eigenvalue weighted by molar-refractivity contribution is 5.86. The van der Waals surface area contributed by atoms with E-state index in [2.05, 4.69) is 9.47 Å². The Morgan fingerprint density at radius 3 is 1.65 bits per heavy atom. The van der Waals surface area contributed by atoms with E-state index in [-0.39, 0.29) is 0 Å². The molecule has 6 N–H and O–H groups in total. The molecule has 0 rings (SSSR count). The Hall–Kier alpha value is -2.24. The van der Waals surface area contributed by atoms with Crippen molar-refractivity contribution in [3.8, 4) is 0 Å². The van der Waals surface area contributed by atoms with Crippen molar-refractivity contribution in [2.75, 3.05) is 0 Å². The standard InChI is InChI=1S/C12H19NO10/c1-4(14)8(10(17)18)22-7(16)3-6(13)12(21)23-9(5(2)15)11(19)20/h4-6,8-9,14-15H,3,13H2,1-2H3,(H,17,18)(H,19,20)/t4?,5?,6-,8?,9?/m0/s1. The number of carbonyl (C=O) groups excluding carboxylic acids is 2. The number of carboxylic acid groups (broad SMARTS) is 2. The molecule has 0 bridgehead atoms. The van der Waals surface area contributed by atoms with E-state index in [1.54, 1.807) is 0 Å². The number of hydrogen-bond donors (Lipinski definition) is 5. The van der Waals surface area contributed by atoms with Crippen molar-refractivity contribution in [3.05, 3.63) is 0 Å². The highest BCUT2D eigenvalue weighted by Gasteiger charge is 2.32. The zero-order valence-electron chi connectivity index (χ0n) is 12.4. The van der Waals surface area contributed by atoms with E-state index < -0.39 is 60.8 Å². The zero-order valence-corrected chi connectivity index (χ0v) is 12.4. The summed E-state index contributed by atoms with van der Waals surface area (Å²) in [5.74, 6) is -5.70. The SMILES string of the molecule is CC(O)C(OC(=O)C[C@H](N)C(=O)OC(C(=O)O)C(C)O)C(=O)O. The van der Waals surface area contributed by atoms with Crippen molar-refractivity contribution in [2.24, 2.45) is 5.73 Å². The Labute approximate surface area is 130 Å². The van der Waals surface area contributed by atoms with E-state index in [4.69, 9.17) is 26.2 Å². The van der Waals surface area contributed by atoms with Gasteiger partial charge in [-0.1, -0.05) is 0 Å². The molecule has 23 heavy (non-hydrogen) atoms. The number of nitrogens with two attached hydrogens (primary N) is 1. The van der Waals surface area contributed by atoms with Crippen LogP contribution in [0.4, 0.5) is 0 Å². The first-order valence-corrected chi connectivity index (χ1v) is 6.44. The van der Waals surface area contributed by atoms with E-state index in [1.165, 1.54) is 0 Å². The predicted molar refractivity (Wildman–Crippen MR) is 71.0 cm³/mol. The van der Waals surface area contributed by atoms with Crippen molar-refractivity contribution in [1.29, 1.82) is 0 Å². The molecular weight excluding hydrogens is 318 g/mol. The summed E-state index contributed by atoms with van der Waals surface area (Å²) >= 11 is 0. The normalized spacial score (nSPS) is 17.3. The lowest BCUT2D eigenvalue weighted by Gasteiger charge is -2.20. The summed E-state index contributed by atoms with van der Waals surface area (Å²) in [5.41, 5.74) is 5.33. The van der Waals surface area contributed by atoms with Gasteiger partial charge >= 0.3 is 23.9 Å². The lowest BCUT2D eigenvalue weighted by atomic mass is 10.2. The minimum atomic E-state index is -1.87. The van der Waals surface area contributed by atoms with Gasteiger partial charge in [0.25, 0.3) is 0 Å². The smallest absolute Gasteiger partial charge is 0.347 e. The van der Waals surface area contributed by atoms with Crippen LogP contribution in [-0.4, -0.2) is 74.8 Å². The molecule has 0 amide bonds. The van der Waals surface area contributed by atoms with Gasteiger partial charge in [-0.2, -0.15) is 0 Å². The number of aliphatic carboxylic acids is 2. The summed E-state index contributed by atoms with van der Waals surface area (Å²) in [7, 11) is 0. The second-order valence-electron chi connectivity index (χ2n) is 4.74. The summed E-state index contributed by atoms with van der Waals surface area (Å²) < 4.78 is 8.90. The molecule has 0 fully saturated rings. The maximum Gasteiger partial charge on any atom is 0.347 e.